The average Bonchev–Trinajstić information content (AvgIpc) is 3.30. The Kier molecular flexibility index (Phi) is 5.73. The standard InChI is InChI=1S/C21H19BrN4O2S/c1-3-4-11-26-16-8-6-5-7-14(16)18(20(26)27)23-21-25-24-19(29-21)15-12-13(22)9-10-17(15)28-2/h5-10,12H,3-4,11H2,1-2H3/b23-18+. The first-order valence-electron chi connectivity index (χ1n) is 9.29. The smallest absolute Gasteiger partial charge is 0.277 e. The second-order valence-electron chi connectivity index (χ2n) is 6.52. The van der Waals surface area contributed by atoms with Crippen molar-refractivity contribution in [1.82, 2.24) is 10.2 Å². The third-order valence-corrected chi connectivity index (χ3v) is 5.99. The second-order valence-corrected chi connectivity index (χ2v) is 8.39. The number of para-hydroxylation sites is 1. The molecule has 0 unspecified atom stereocenters. The highest BCUT2D eigenvalue weighted by Gasteiger charge is 2.33. The van der Waals surface area contributed by atoms with Crippen molar-refractivity contribution in [2.45, 2.75) is 19.8 Å². The summed E-state index contributed by atoms with van der Waals surface area (Å²) in [5, 5.41) is 9.59. The minimum absolute atomic E-state index is 0.0866. The number of anilines is 1. The van der Waals surface area contributed by atoms with Gasteiger partial charge in [-0.2, -0.15) is 0 Å². The molecule has 0 radical (unpaired) electrons. The molecule has 1 amide bonds. The molecule has 0 atom stereocenters. The molecule has 148 valence electrons. The van der Waals surface area contributed by atoms with Crippen molar-refractivity contribution in [1.29, 1.82) is 0 Å². The molecule has 8 heteroatoms. The minimum Gasteiger partial charge on any atom is -0.496 e. The van der Waals surface area contributed by atoms with E-state index in [1.807, 2.05) is 42.5 Å². The Morgan fingerprint density at radius 3 is 2.79 bits per heavy atom. The highest BCUT2D eigenvalue weighted by Crippen LogP contribution is 2.37. The lowest BCUT2D eigenvalue weighted by Gasteiger charge is -2.15. The van der Waals surface area contributed by atoms with Crippen LogP contribution in [0.25, 0.3) is 10.6 Å². The number of carbonyl (C=O) groups excluding carboxylic acids is 1. The summed E-state index contributed by atoms with van der Waals surface area (Å²) < 4.78 is 6.35. The Balaban J connectivity index is 1.71. The molecule has 0 bridgehead atoms. The number of nitrogens with zero attached hydrogens (tertiary/aromatic N) is 4. The van der Waals surface area contributed by atoms with Crippen LogP contribution in [0.15, 0.2) is 51.9 Å². The maximum Gasteiger partial charge on any atom is 0.277 e. The molecule has 0 saturated carbocycles. The number of aromatic nitrogens is 2. The van der Waals surface area contributed by atoms with Crippen LogP contribution in [0, 0.1) is 0 Å². The van der Waals surface area contributed by atoms with Gasteiger partial charge in [-0.1, -0.05) is 58.8 Å². The first kappa shape index (κ1) is 19.7. The summed E-state index contributed by atoms with van der Waals surface area (Å²) in [7, 11) is 1.62. The highest BCUT2D eigenvalue weighted by molar-refractivity contribution is 9.10. The molecule has 0 aliphatic carbocycles. The predicted octanol–water partition coefficient (Wildman–Crippen LogP) is 5.24. The van der Waals surface area contributed by atoms with Crippen LogP contribution >= 0.6 is 27.3 Å². The predicted molar refractivity (Wildman–Crippen MR) is 119 cm³/mol. The maximum atomic E-state index is 13.0. The molecule has 0 N–H and O–H groups in total. The Hall–Kier alpha value is -2.58. The number of amides is 1. The number of benzene rings is 2. The van der Waals surface area contributed by atoms with Crippen molar-refractivity contribution < 1.29 is 9.53 Å². The molecule has 6 nitrogen and oxygen atoms in total. The number of unbranched alkanes of at least 4 members (excludes halogenated alkanes) is 1. The minimum atomic E-state index is -0.0866. The topological polar surface area (TPSA) is 67.7 Å². The van der Waals surface area contributed by atoms with E-state index in [0.29, 0.717) is 28.1 Å². The van der Waals surface area contributed by atoms with Gasteiger partial charge in [0.2, 0.25) is 5.13 Å². The number of fused-ring (bicyclic) bond motifs is 1. The van der Waals surface area contributed by atoms with E-state index >= 15 is 0 Å². The van der Waals surface area contributed by atoms with Gasteiger partial charge in [-0.15, -0.1) is 10.2 Å². The van der Waals surface area contributed by atoms with Crippen LogP contribution in [0.1, 0.15) is 25.3 Å². The summed E-state index contributed by atoms with van der Waals surface area (Å²) in [5.41, 5.74) is 2.99. The molecule has 1 aromatic heterocycles. The number of carbonyl (C=O) groups is 1. The van der Waals surface area contributed by atoms with Gasteiger partial charge in [0.15, 0.2) is 5.01 Å². The van der Waals surface area contributed by atoms with E-state index in [1.165, 1.54) is 11.3 Å². The Labute approximate surface area is 181 Å². The first-order valence-corrected chi connectivity index (χ1v) is 10.9. The van der Waals surface area contributed by atoms with Gasteiger partial charge in [0.1, 0.15) is 11.5 Å². The lowest BCUT2D eigenvalue weighted by molar-refractivity contribution is -0.112. The van der Waals surface area contributed by atoms with Crippen molar-refractivity contribution in [2.75, 3.05) is 18.6 Å². The highest BCUT2D eigenvalue weighted by atomic mass is 79.9. The van der Waals surface area contributed by atoms with E-state index in [2.05, 4.69) is 38.0 Å². The van der Waals surface area contributed by atoms with Crippen LogP contribution < -0.4 is 9.64 Å². The number of aliphatic imine (C=N–C) groups is 1. The van der Waals surface area contributed by atoms with E-state index in [9.17, 15) is 4.79 Å². The van der Waals surface area contributed by atoms with Crippen molar-refractivity contribution in [2.24, 2.45) is 4.99 Å². The van der Waals surface area contributed by atoms with Gasteiger partial charge in [0, 0.05) is 16.6 Å². The fraction of sp³-hybridized carbons (Fsp3) is 0.238. The lowest BCUT2D eigenvalue weighted by Crippen LogP contribution is -2.30. The van der Waals surface area contributed by atoms with E-state index in [0.717, 1.165) is 34.1 Å². The molecule has 3 aromatic rings. The van der Waals surface area contributed by atoms with Crippen molar-refractivity contribution in [3.8, 4) is 16.3 Å². The molecular weight excluding hydrogens is 452 g/mol. The maximum absolute atomic E-state index is 13.0. The largest absolute Gasteiger partial charge is 0.496 e. The van der Waals surface area contributed by atoms with Crippen LogP contribution in [0.3, 0.4) is 0 Å². The number of methoxy groups -OCH3 is 1. The van der Waals surface area contributed by atoms with Crippen LogP contribution in [-0.4, -0.2) is 35.5 Å². The van der Waals surface area contributed by atoms with E-state index in [4.69, 9.17) is 4.74 Å². The monoisotopic (exact) mass is 470 g/mol. The number of hydrogen-bond donors (Lipinski definition) is 0. The molecule has 0 saturated heterocycles. The van der Waals surface area contributed by atoms with Gasteiger partial charge in [0.25, 0.3) is 5.91 Å². The fourth-order valence-corrected chi connectivity index (χ4v) is 4.32. The zero-order valence-electron chi connectivity index (χ0n) is 16.1. The zero-order valence-corrected chi connectivity index (χ0v) is 18.5. The molecule has 4 rings (SSSR count). The van der Waals surface area contributed by atoms with Gasteiger partial charge in [0.05, 0.1) is 18.4 Å². The van der Waals surface area contributed by atoms with Gasteiger partial charge >= 0.3 is 0 Å². The molecule has 2 heterocycles. The summed E-state index contributed by atoms with van der Waals surface area (Å²) >= 11 is 4.80. The average molecular weight is 471 g/mol. The van der Waals surface area contributed by atoms with Gasteiger partial charge in [-0.3, -0.25) is 4.79 Å². The van der Waals surface area contributed by atoms with Crippen LogP contribution in [-0.2, 0) is 4.79 Å². The molecule has 2 aromatic carbocycles. The van der Waals surface area contributed by atoms with E-state index < -0.39 is 0 Å². The lowest BCUT2D eigenvalue weighted by atomic mass is 10.1. The summed E-state index contributed by atoms with van der Waals surface area (Å²) in [5.74, 6) is 0.619. The quantitative estimate of drug-likeness (QED) is 0.493. The Morgan fingerprint density at radius 2 is 2.00 bits per heavy atom. The fourth-order valence-electron chi connectivity index (χ4n) is 3.22. The van der Waals surface area contributed by atoms with Crippen molar-refractivity contribution in [3.05, 3.63) is 52.5 Å². The summed E-state index contributed by atoms with van der Waals surface area (Å²) in [6.45, 7) is 2.79. The normalized spacial score (nSPS) is 14.5. The van der Waals surface area contributed by atoms with Gasteiger partial charge in [-0.05, 0) is 30.7 Å². The third kappa shape index (κ3) is 3.82. The number of halogens is 1. The Morgan fingerprint density at radius 1 is 1.17 bits per heavy atom. The number of ether oxygens (including phenoxy) is 1. The van der Waals surface area contributed by atoms with Crippen LogP contribution in [0.4, 0.5) is 10.8 Å². The van der Waals surface area contributed by atoms with Gasteiger partial charge < -0.3 is 9.64 Å². The summed E-state index contributed by atoms with van der Waals surface area (Å²) in [6.07, 6.45) is 1.96. The second kappa shape index (κ2) is 8.42. The molecule has 0 spiro atoms. The zero-order chi connectivity index (χ0) is 20.4. The van der Waals surface area contributed by atoms with Crippen molar-refractivity contribution in [3.63, 3.8) is 0 Å². The molecule has 1 aliphatic rings. The molecule has 1 aliphatic heterocycles. The Bertz CT molecular complexity index is 1100. The number of hydrogen-bond acceptors (Lipinski definition) is 6. The van der Waals surface area contributed by atoms with E-state index in [-0.39, 0.29) is 5.91 Å². The molecule has 29 heavy (non-hydrogen) atoms. The van der Waals surface area contributed by atoms with Crippen LogP contribution in [0.2, 0.25) is 0 Å². The first-order chi connectivity index (χ1) is 14.1. The summed E-state index contributed by atoms with van der Waals surface area (Å²) in [4.78, 5) is 19.4. The molecular formula is C21H19BrN4O2S. The summed E-state index contributed by atoms with van der Waals surface area (Å²) in [6, 6.07) is 13.5. The van der Waals surface area contributed by atoms with E-state index in [1.54, 1.807) is 12.0 Å². The van der Waals surface area contributed by atoms with Gasteiger partial charge in [-0.25, -0.2) is 4.99 Å². The SMILES string of the molecule is CCCCN1C(=O)/C(=N/c2nnc(-c3cc(Br)ccc3OC)s2)c2ccccc21. The van der Waals surface area contributed by atoms with Crippen molar-refractivity contribution >= 4 is 49.7 Å². The molecule has 0 fully saturated rings. The van der Waals surface area contributed by atoms with Crippen LogP contribution in [0.5, 0.6) is 5.75 Å². The number of rotatable bonds is 6. The third-order valence-electron chi connectivity index (χ3n) is 4.65.